The van der Waals surface area contributed by atoms with Crippen LogP contribution in [0.4, 0.5) is 5.82 Å². The van der Waals surface area contributed by atoms with Crippen LogP contribution in [0.2, 0.25) is 0 Å². The summed E-state index contributed by atoms with van der Waals surface area (Å²) in [5.74, 6) is 1.89. The molecule has 1 fully saturated rings. The highest BCUT2D eigenvalue weighted by atomic mass is 32.1. The van der Waals surface area contributed by atoms with Crippen LogP contribution in [0.25, 0.3) is 10.2 Å². The lowest BCUT2D eigenvalue weighted by Gasteiger charge is -2.40. The van der Waals surface area contributed by atoms with E-state index in [4.69, 9.17) is 4.74 Å². The van der Waals surface area contributed by atoms with Gasteiger partial charge in [-0.05, 0) is 24.4 Å². The van der Waals surface area contributed by atoms with Gasteiger partial charge in [0.15, 0.2) is 0 Å². The van der Waals surface area contributed by atoms with Crippen LogP contribution >= 0.6 is 11.3 Å². The van der Waals surface area contributed by atoms with E-state index in [1.54, 1.807) is 23.9 Å². The Kier molecular flexibility index (Phi) is 2.96. The normalized spacial score (nSPS) is 15.2. The van der Waals surface area contributed by atoms with Gasteiger partial charge in [-0.3, -0.25) is 4.98 Å². The van der Waals surface area contributed by atoms with Gasteiger partial charge in [0.25, 0.3) is 0 Å². The van der Waals surface area contributed by atoms with Crippen LogP contribution in [0, 0.1) is 6.92 Å². The highest BCUT2D eigenvalue weighted by Gasteiger charge is 2.30. The maximum atomic E-state index is 5.95. The van der Waals surface area contributed by atoms with Crippen molar-refractivity contribution in [3.05, 3.63) is 41.8 Å². The van der Waals surface area contributed by atoms with Crippen LogP contribution in [-0.4, -0.2) is 34.1 Å². The Morgan fingerprint density at radius 1 is 1.24 bits per heavy atom. The Morgan fingerprint density at radius 2 is 2.14 bits per heavy atom. The molecule has 6 heteroatoms. The molecule has 0 atom stereocenters. The Labute approximate surface area is 126 Å². The fourth-order valence-electron chi connectivity index (χ4n) is 2.50. The zero-order valence-electron chi connectivity index (χ0n) is 11.6. The molecule has 5 nitrogen and oxygen atoms in total. The quantitative estimate of drug-likeness (QED) is 0.744. The molecule has 1 saturated heterocycles. The van der Waals surface area contributed by atoms with Gasteiger partial charge in [0.1, 0.15) is 28.8 Å². The summed E-state index contributed by atoms with van der Waals surface area (Å²) in [4.78, 5) is 16.1. The predicted molar refractivity (Wildman–Crippen MR) is 83.0 cm³/mol. The van der Waals surface area contributed by atoms with Crippen molar-refractivity contribution in [3.8, 4) is 5.75 Å². The molecule has 0 bridgehead atoms. The van der Waals surface area contributed by atoms with E-state index in [9.17, 15) is 0 Å². The molecule has 0 aliphatic carbocycles. The van der Waals surface area contributed by atoms with Gasteiger partial charge in [0, 0.05) is 18.0 Å². The minimum absolute atomic E-state index is 0.204. The van der Waals surface area contributed by atoms with Crippen LogP contribution in [0.15, 0.2) is 36.1 Å². The number of anilines is 1. The smallest absolute Gasteiger partial charge is 0.141 e. The molecule has 0 aromatic carbocycles. The van der Waals surface area contributed by atoms with Crippen molar-refractivity contribution < 1.29 is 4.74 Å². The number of nitrogens with zero attached hydrogens (tertiary/aromatic N) is 4. The van der Waals surface area contributed by atoms with Crippen LogP contribution in [-0.2, 0) is 0 Å². The SMILES string of the molecule is Cc1cc(OC2CN(c3ncnc4sccc34)C2)ccn1. The van der Waals surface area contributed by atoms with Crippen LogP contribution in [0.3, 0.4) is 0 Å². The molecule has 1 aliphatic rings. The van der Waals surface area contributed by atoms with Crippen molar-refractivity contribution >= 4 is 27.4 Å². The summed E-state index contributed by atoms with van der Waals surface area (Å²) >= 11 is 1.64. The number of ether oxygens (including phenoxy) is 1. The third-order valence-electron chi connectivity index (χ3n) is 3.56. The summed E-state index contributed by atoms with van der Waals surface area (Å²) in [6.07, 6.45) is 3.62. The fraction of sp³-hybridized carbons (Fsp3) is 0.267. The van der Waals surface area contributed by atoms with Crippen molar-refractivity contribution in [2.24, 2.45) is 0 Å². The van der Waals surface area contributed by atoms with Crippen LogP contribution < -0.4 is 9.64 Å². The van der Waals surface area contributed by atoms with Gasteiger partial charge in [0.2, 0.25) is 0 Å². The molecule has 0 spiro atoms. The van der Waals surface area contributed by atoms with Gasteiger partial charge in [-0.1, -0.05) is 0 Å². The lowest BCUT2D eigenvalue weighted by Crippen LogP contribution is -2.54. The number of rotatable bonds is 3. The predicted octanol–water partition coefficient (Wildman–Crippen LogP) is 2.66. The molecule has 3 aromatic heterocycles. The van der Waals surface area contributed by atoms with Gasteiger partial charge < -0.3 is 9.64 Å². The second-order valence-electron chi connectivity index (χ2n) is 5.11. The van der Waals surface area contributed by atoms with Gasteiger partial charge in [0.05, 0.1) is 18.5 Å². The molecule has 0 saturated carbocycles. The zero-order chi connectivity index (χ0) is 14.2. The highest BCUT2D eigenvalue weighted by molar-refractivity contribution is 7.16. The summed E-state index contributed by atoms with van der Waals surface area (Å²) < 4.78 is 5.95. The average Bonchev–Trinajstić information content (AvgIpc) is 2.91. The summed E-state index contributed by atoms with van der Waals surface area (Å²) in [5, 5.41) is 3.18. The zero-order valence-corrected chi connectivity index (χ0v) is 12.4. The lowest BCUT2D eigenvalue weighted by molar-refractivity contribution is 0.167. The van der Waals surface area contributed by atoms with Gasteiger partial charge >= 0.3 is 0 Å². The van der Waals surface area contributed by atoms with E-state index in [0.29, 0.717) is 0 Å². The minimum Gasteiger partial charge on any atom is -0.487 e. The molecule has 4 heterocycles. The third-order valence-corrected chi connectivity index (χ3v) is 4.38. The van der Waals surface area contributed by atoms with E-state index in [1.807, 2.05) is 19.1 Å². The van der Waals surface area contributed by atoms with Crippen molar-refractivity contribution in [3.63, 3.8) is 0 Å². The summed E-state index contributed by atoms with van der Waals surface area (Å²) in [7, 11) is 0. The van der Waals surface area contributed by atoms with Crippen LogP contribution in [0.5, 0.6) is 5.75 Å². The molecule has 3 aromatic rings. The second kappa shape index (κ2) is 4.96. The number of hydrogen-bond acceptors (Lipinski definition) is 6. The molecule has 1 aliphatic heterocycles. The van der Waals surface area contributed by atoms with Gasteiger partial charge in [-0.15, -0.1) is 11.3 Å². The number of aryl methyl sites for hydroxylation is 1. The number of thiophene rings is 1. The molecular formula is C15H14N4OS. The third kappa shape index (κ3) is 2.31. The average molecular weight is 298 g/mol. The van der Waals surface area contributed by atoms with E-state index in [2.05, 4.69) is 31.3 Å². The van der Waals surface area contributed by atoms with Crippen molar-refractivity contribution in [2.75, 3.05) is 18.0 Å². The first-order chi connectivity index (χ1) is 10.3. The standard InChI is InChI=1S/C15H14N4OS/c1-10-6-11(2-4-16-10)20-12-7-19(8-12)14-13-3-5-21-15(13)18-9-17-14/h2-6,9,12H,7-8H2,1H3. The Hall–Kier alpha value is -2.21. The summed E-state index contributed by atoms with van der Waals surface area (Å²) in [5.41, 5.74) is 0.972. The van der Waals surface area contributed by atoms with Crippen molar-refractivity contribution in [2.45, 2.75) is 13.0 Å². The second-order valence-corrected chi connectivity index (χ2v) is 6.01. The largest absolute Gasteiger partial charge is 0.487 e. The summed E-state index contributed by atoms with van der Waals surface area (Å²) in [6, 6.07) is 5.94. The molecule has 4 rings (SSSR count). The summed E-state index contributed by atoms with van der Waals surface area (Å²) in [6.45, 7) is 3.67. The first kappa shape index (κ1) is 12.5. The van der Waals surface area contributed by atoms with Crippen LogP contribution in [0.1, 0.15) is 5.69 Å². The molecule has 21 heavy (non-hydrogen) atoms. The van der Waals surface area contributed by atoms with E-state index < -0.39 is 0 Å². The lowest BCUT2D eigenvalue weighted by atomic mass is 10.1. The van der Waals surface area contributed by atoms with Gasteiger partial charge in [-0.2, -0.15) is 0 Å². The minimum atomic E-state index is 0.204. The molecule has 0 N–H and O–H groups in total. The van der Waals surface area contributed by atoms with E-state index >= 15 is 0 Å². The van der Waals surface area contributed by atoms with Crippen molar-refractivity contribution in [1.29, 1.82) is 0 Å². The Bertz CT molecular complexity index is 782. The molecule has 0 unspecified atom stereocenters. The topological polar surface area (TPSA) is 51.1 Å². The van der Waals surface area contributed by atoms with Crippen molar-refractivity contribution in [1.82, 2.24) is 15.0 Å². The number of aromatic nitrogens is 3. The molecular weight excluding hydrogens is 284 g/mol. The molecule has 106 valence electrons. The first-order valence-electron chi connectivity index (χ1n) is 6.82. The number of pyridine rings is 1. The number of hydrogen-bond donors (Lipinski definition) is 0. The fourth-order valence-corrected chi connectivity index (χ4v) is 3.23. The first-order valence-corrected chi connectivity index (χ1v) is 7.70. The number of fused-ring (bicyclic) bond motifs is 1. The van der Waals surface area contributed by atoms with E-state index in [-0.39, 0.29) is 6.10 Å². The maximum Gasteiger partial charge on any atom is 0.141 e. The maximum absolute atomic E-state index is 5.95. The highest BCUT2D eigenvalue weighted by Crippen LogP contribution is 2.30. The Morgan fingerprint density at radius 3 is 3.00 bits per heavy atom. The Balaban J connectivity index is 1.46. The molecule has 0 amide bonds. The van der Waals surface area contributed by atoms with E-state index in [1.165, 1.54) is 0 Å². The molecule has 0 radical (unpaired) electrons. The van der Waals surface area contributed by atoms with Gasteiger partial charge in [-0.25, -0.2) is 9.97 Å². The van der Waals surface area contributed by atoms with E-state index in [0.717, 1.165) is 40.6 Å². The monoisotopic (exact) mass is 298 g/mol.